The summed E-state index contributed by atoms with van der Waals surface area (Å²) in [5, 5.41) is 9.27. The third-order valence-electron chi connectivity index (χ3n) is 3.06. The van der Waals surface area contributed by atoms with Crippen molar-refractivity contribution in [3.05, 3.63) is 29.8 Å². The zero-order valence-electron chi connectivity index (χ0n) is 12.7. The van der Waals surface area contributed by atoms with Gasteiger partial charge in [0.05, 0.1) is 6.42 Å². The van der Waals surface area contributed by atoms with Gasteiger partial charge in [0.25, 0.3) is 0 Å². The Morgan fingerprint density at radius 3 is 2.48 bits per heavy atom. The molecule has 0 bridgehead atoms. The minimum Gasteiger partial charge on any atom is -0.481 e. The maximum Gasteiger partial charge on any atom is 0.307 e. The van der Waals surface area contributed by atoms with E-state index in [2.05, 4.69) is 6.92 Å². The van der Waals surface area contributed by atoms with Gasteiger partial charge in [-0.3, -0.25) is 9.59 Å². The number of rotatable bonds is 9. The number of carbonyl (C=O) groups excluding carboxylic acids is 1. The molecule has 1 N–H and O–H groups in total. The van der Waals surface area contributed by atoms with Crippen molar-refractivity contribution in [2.75, 3.05) is 0 Å². The van der Waals surface area contributed by atoms with Gasteiger partial charge in [-0.15, -0.1) is 0 Å². The molecule has 0 saturated carbocycles. The molecule has 0 spiro atoms. The Labute approximate surface area is 134 Å². The van der Waals surface area contributed by atoms with Gasteiger partial charge in [0.2, 0.25) is 0 Å². The van der Waals surface area contributed by atoms with Gasteiger partial charge in [0.1, 0.15) is 5.78 Å². The first-order valence-corrected chi connectivity index (χ1v) is 9.27. The molecule has 0 aromatic heterocycles. The maximum atomic E-state index is 11.6. The van der Waals surface area contributed by atoms with E-state index < -0.39 is 5.97 Å². The second-order valence-corrected chi connectivity index (χ2v) is 8.01. The third-order valence-corrected chi connectivity index (χ3v) is 6.11. The van der Waals surface area contributed by atoms with Crippen LogP contribution in [0.3, 0.4) is 0 Å². The van der Waals surface area contributed by atoms with Crippen LogP contribution in [0, 0.1) is 5.92 Å². The lowest BCUT2D eigenvalue weighted by atomic mass is 10.0. The number of ketones is 1. The molecule has 0 heterocycles. The highest BCUT2D eigenvalue weighted by molar-refractivity contribution is 8.76. The molecule has 1 rings (SSSR count). The van der Waals surface area contributed by atoms with Crippen molar-refractivity contribution in [3.8, 4) is 0 Å². The molecule has 1 unspecified atom stereocenters. The van der Waals surface area contributed by atoms with Gasteiger partial charge < -0.3 is 5.11 Å². The highest BCUT2D eigenvalue weighted by Gasteiger charge is 2.12. The van der Waals surface area contributed by atoms with Gasteiger partial charge in [-0.2, -0.15) is 0 Å². The summed E-state index contributed by atoms with van der Waals surface area (Å²) >= 11 is 0. The fraction of sp³-hybridized carbons (Fsp3) is 0.500. The first-order chi connectivity index (χ1) is 9.90. The van der Waals surface area contributed by atoms with Crippen molar-refractivity contribution in [3.63, 3.8) is 0 Å². The van der Waals surface area contributed by atoms with Gasteiger partial charge in [0, 0.05) is 22.5 Å². The first kappa shape index (κ1) is 18.1. The highest BCUT2D eigenvalue weighted by atomic mass is 33.1. The molecule has 1 aromatic rings. The van der Waals surface area contributed by atoms with Crippen molar-refractivity contribution in [1.82, 2.24) is 0 Å². The van der Waals surface area contributed by atoms with E-state index in [-0.39, 0.29) is 12.3 Å². The number of carbonyl (C=O) groups is 2. The normalized spacial score (nSPS) is 12.4. The number of carboxylic acids is 1. The second-order valence-electron chi connectivity index (χ2n) is 5.33. The van der Waals surface area contributed by atoms with Crippen molar-refractivity contribution in [1.29, 1.82) is 0 Å². The van der Waals surface area contributed by atoms with E-state index in [4.69, 9.17) is 5.11 Å². The summed E-state index contributed by atoms with van der Waals surface area (Å²) in [6.07, 6.45) is 1.52. The lowest BCUT2D eigenvalue weighted by Crippen LogP contribution is -2.09. The topological polar surface area (TPSA) is 54.4 Å². The number of hydrogen-bond donors (Lipinski definition) is 1. The number of Topliss-reactive ketones (excluding diaryl/α,β-unsaturated/α-hetero) is 1. The van der Waals surface area contributed by atoms with Gasteiger partial charge >= 0.3 is 5.97 Å². The largest absolute Gasteiger partial charge is 0.481 e. The van der Waals surface area contributed by atoms with Crippen LogP contribution in [-0.2, 0) is 16.0 Å². The summed E-state index contributed by atoms with van der Waals surface area (Å²) in [6.45, 7) is 5.96. The molecular weight excluding hydrogens is 304 g/mol. The van der Waals surface area contributed by atoms with Crippen LogP contribution in [0.15, 0.2) is 29.2 Å². The van der Waals surface area contributed by atoms with Gasteiger partial charge in [0.15, 0.2) is 0 Å². The Morgan fingerprint density at radius 2 is 1.86 bits per heavy atom. The summed E-state index contributed by atoms with van der Waals surface area (Å²) in [7, 11) is 3.30. The van der Waals surface area contributed by atoms with Crippen LogP contribution in [-0.4, -0.2) is 22.1 Å². The molecular formula is C16H22O3S2. The van der Waals surface area contributed by atoms with E-state index in [0.717, 1.165) is 16.9 Å². The standard InChI is InChI=1S/C16H22O3S2/c1-11(2)14(17)9-8-12(3)20-21-15-7-5-4-6-13(15)10-16(18)19/h4-7,11-12H,8-10H2,1-3H3,(H,18,19). The van der Waals surface area contributed by atoms with Crippen LogP contribution in [0.25, 0.3) is 0 Å². The van der Waals surface area contributed by atoms with Crippen LogP contribution in [0.1, 0.15) is 39.2 Å². The summed E-state index contributed by atoms with van der Waals surface area (Å²) in [5.74, 6) is -0.409. The lowest BCUT2D eigenvalue weighted by Gasteiger charge is -2.12. The first-order valence-electron chi connectivity index (χ1n) is 7.06. The molecule has 1 atom stereocenters. The van der Waals surface area contributed by atoms with Crippen LogP contribution < -0.4 is 0 Å². The quantitative estimate of drug-likeness (QED) is 0.680. The number of carboxylic acid groups (broad SMARTS) is 1. The molecule has 0 aliphatic carbocycles. The van der Waals surface area contributed by atoms with Crippen LogP contribution in [0.4, 0.5) is 0 Å². The predicted molar refractivity (Wildman–Crippen MR) is 89.8 cm³/mol. The van der Waals surface area contributed by atoms with E-state index in [1.807, 2.05) is 38.1 Å². The zero-order chi connectivity index (χ0) is 15.8. The van der Waals surface area contributed by atoms with Crippen molar-refractivity contribution < 1.29 is 14.7 Å². The van der Waals surface area contributed by atoms with Gasteiger partial charge in [-0.05, 0) is 18.1 Å². The smallest absolute Gasteiger partial charge is 0.307 e. The molecule has 21 heavy (non-hydrogen) atoms. The van der Waals surface area contributed by atoms with Crippen molar-refractivity contribution in [2.24, 2.45) is 5.92 Å². The summed E-state index contributed by atoms with van der Waals surface area (Å²) < 4.78 is 0. The highest BCUT2D eigenvalue weighted by Crippen LogP contribution is 2.38. The Balaban J connectivity index is 2.47. The number of hydrogen-bond acceptors (Lipinski definition) is 4. The molecule has 0 aliphatic rings. The van der Waals surface area contributed by atoms with Crippen molar-refractivity contribution >= 4 is 33.3 Å². The minimum atomic E-state index is -0.816. The fourth-order valence-electron chi connectivity index (χ4n) is 1.71. The summed E-state index contributed by atoms with van der Waals surface area (Å²) in [4.78, 5) is 23.5. The van der Waals surface area contributed by atoms with E-state index in [1.54, 1.807) is 21.6 Å². The zero-order valence-corrected chi connectivity index (χ0v) is 14.3. The van der Waals surface area contributed by atoms with E-state index in [0.29, 0.717) is 17.5 Å². The predicted octanol–water partition coefficient (Wildman–Crippen LogP) is 4.45. The molecule has 0 aliphatic heterocycles. The molecule has 116 valence electrons. The average Bonchev–Trinajstić information content (AvgIpc) is 2.43. The molecule has 0 fully saturated rings. The van der Waals surface area contributed by atoms with Gasteiger partial charge in [-0.25, -0.2) is 0 Å². The average molecular weight is 326 g/mol. The Morgan fingerprint density at radius 1 is 1.19 bits per heavy atom. The summed E-state index contributed by atoms with van der Waals surface area (Å²) in [5.41, 5.74) is 0.841. The molecule has 0 amide bonds. The maximum absolute atomic E-state index is 11.6. The lowest BCUT2D eigenvalue weighted by molar-refractivity contribution is -0.136. The fourth-order valence-corrected chi connectivity index (χ4v) is 4.15. The van der Waals surface area contributed by atoms with E-state index in [1.165, 1.54) is 0 Å². The Kier molecular flexibility index (Phi) is 7.89. The Bertz CT molecular complexity index is 486. The van der Waals surface area contributed by atoms with Crippen LogP contribution >= 0.6 is 21.6 Å². The van der Waals surface area contributed by atoms with E-state index in [9.17, 15) is 9.59 Å². The minimum absolute atomic E-state index is 0.0456. The second kappa shape index (κ2) is 9.15. The summed E-state index contributed by atoms with van der Waals surface area (Å²) in [6, 6.07) is 7.57. The third kappa shape index (κ3) is 7.05. The van der Waals surface area contributed by atoms with Crippen LogP contribution in [0.5, 0.6) is 0 Å². The molecule has 1 aromatic carbocycles. The molecule has 3 nitrogen and oxygen atoms in total. The van der Waals surface area contributed by atoms with E-state index >= 15 is 0 Å². The number of benzene rings is 1. The molecule has 5 heteroatoms. The van der Waals surface area contributed by atoms with Crippen molar-refractivity contribution in [2.45, 2.75) is 50.2 Å². The molecule has 0 saturated heterocycles. The monoisotopic (exact) mass is 326 g/mol. The molecule has 0 radical (unpaired) electrons. The Hall–Kier alpha value is -0.940. The number of aliphatic carboxylic acids is 1. The van der Waals surface area contributed by atoms with Gasteiger partial charge in [-0.1, -0.05) is 60.6 Å². The SMILES string of the molecule is CC(CCC(=O)C(C)C)SSc1ccccc1CC(=O)O. The van der Waals surface area contributed by atoms with Crippen LogP contribution in [0.2, 0.25) is 0 Å².